The molecule has 0 spiro atoms. The normalized spacial score (nSPS) is 11.7. The number of carbonyl (C=O) groups is 2. The average molecular weight is 475 g/mol. The van der Waals surface area contributed by atoms with E-state index in [1.54, 1.807) is 60.2 Å². The van der Waals surface area contributed by atoms with Gasteiger partial charge in [-0.15, -0.1) is 0 Å². The summed E-state index contributed by atoms with van der Waals surface area (Å²) in [5, 5.41) is 0.237. The van der Waals surface area contributed by atoms with Crippen LogP contribution in [0.15, 0.2) is 64.5 Å². The molecule has 0 atom stereocenters. The Kier molecular flexibility index (Phi) is 7.05. The second kappa shape index (κ2) is 10.3. The zero-order valence-corrected chi connectivity index (χ0v) is 19.9. The summed E-state index contributed by atoms with van der Waals surface area (Å²) in [4.78, 5) is 48.5. The molecule has 0 fully saturated rings. The molecule has 9 nitrogen and oxygen atoms in total. The number of esters is 1. The molecule has 3 aromatic heterocycles. The van der Waals surface area contributed by atoms with Crippen LogP contribution in [0.3, 0.4) is 0 Å². The molecule has 35 heavy (non-hydrogen) atoms. The fourth-order valence-corrected chi connectivity index (χ4v) is 3.80. The lowest BCUT2D eigenvalue weighted by Crippen LogP contribution is -2.32. The van der Waals surface area contributed by atoms with Crippen molar-refractivity contribution in [3.05, 3.63) is 81.7 Å². The molecule has 0 bridgehead atoms. The summed E-state index contributed by atoms with van der Waals surface area (Å²) in [6.07, 6.45) is 3.18. The highest BCUT2D eigenvalue weighted by Gasteiger charge is 2.20. The summed E-state index contributed by atoms with van der Waals surface area (Å²) in [5.74, 6) is -0.721. The summed E-state index contributed by atoms with van der Waals surface area (Å²) in [6, 6.07) is 13.3. The Hall–Kier alpha value is -4.27. The second-order valence-corrected chi connectivity index (χ2v) is 7.84. The minimum absolute atomic E-state index is 0.0291. The first kappa shape index (κ1) is 23.9. The number of fused-ring (bicyclic) bond motifs is 2. The van der Waals surface area contributed by atoms with Gasteiger partial charge in [-0.2, -0.15) is 4.99 Å². The van der Waals surface area contributed by atoms with Crippen molar-refractivity contribution in [1.29, 1.82) is 0 Å². The quantitative estimate of drug-likeness (QED) is 0.300. The molecular formula is C26H26N4O5. The summed E-state index contributed by atoms with van der Waals surface area (Å²) in [7, 11) is 1.51. The number of benzene rings is 1. The van der Waals surface area contributed by atoms with Gasteiger partial charge in [-0.25, -0.2) is 9.78 Å². The molecule has 1 aromatic carbocycles. The predicted molar refractivity (Wildman–Crippen MR) is 131 cm³/mol. The van der Waals surface area contributed by atoms with Crippen molar-refractivity contribution in [2.24, 2.45) is 4.99 Å². The number of rotatable bonds is 7. The zero-order chi connectivity index (χ0) is 24.9. The number of hydrogen-bond donors (Lipinski definition) is 0. The van der Waals surface area contributed by atoms with E-state index in [0.29, 0.717) is 29.2 Å². The van der Waals surface area contributed by atoms with Crippen LogP contribution in [-0.2, 0) is 11.3 Å². The van der Waals surface area contributed by atoms with Crippen LogP contribution in [0, 0.1) is 0 Å². The van der Waals surface area contributed by atoms with Gasteiger partial charge in [0, 0.05) is 18.3 Å². The van der Waals surface area contributed by atoms with Crippen LogP contribution in [-0.4, -0.2) is 39.5 Å². The maximum absolute atomic E-state index is 13.3. The van der Waals surface area contributed by atoms with Crippen molar-refractivity contribution in [2.45, 2.75) is 33.2 Å². The molecule has 0 saturated carbocycles. The van der Waals surface area contributed by atoms with E-state index < -0.39 is 11.9 Å². The number of aryl methyl sites for hydroxylation is 1. The molecule has 1 amide bonds. The van der Waals surface area contributed by atoms with Crippen LogP contribution in [0.1, 0.15) is 47.4 Å². The average Bonchev–Trinajstić information content (AvgIpc) is 2.88. The Morgan fingerprint density at radius 2 is 1.91 bits per heavy atom. The topological polar surface area (TPSA) is 104 Å². The van der Waals surface area contributed by atoms with Crippen LogP contribution >= 0.6 is 0 Å². The standard InChI is InChI=1S/C26H26N4O5/c1-4-6-13-30-22-19(25(32)29-14-8-7-12-21(29)27-22)16-20(26(33)35-5-2)23(30)28-24(31)17-10-9-11-18(15-17)34-3/h7-12,14-16H,4-6,13H2,1-3H3. The third-order valence-electron chi connectivity index (χ3n) is 5.54. The molecule has 0 radical (unpaired) electrons. The number of pyridine rings is 2. The van der Waals surface area contributed by atoms with Gasteiger partial charge in [-0.3, -0.25) is 14.0 Å². The lowest BCUT2D eigenvalue weighted by molar-refractivity contribution is 0.0523. The summed E-state index contributed by atoms with van der Waals surface area (Å²) in [6.45, 7) is 4.24. The first-order chi connectivity index (χ1) is 17.0. The van der Waals surface area contributed by atoms with Gasteiger partial charge in [-0.05, 0) is 49.7 Å². The van der Waals surface area contributed by atoms with Crippen molar-refractivity contribution in [3.63, 3.8) is 0 Å². The van der Waals surface area contributed by atoms with Gasteiger partial charge in [0.05, 0.1) is 19.1 Å². The monoisotopic (exact) mass is 474 g/mol. The minimum Gasteiger partial charge on any atom is -0.497 e. The van der Waals surface area contributed by atoms with E-state index in [1.165, 1.54) is 17.6 Å². The van der Waals surface area contributed by atoms with Crippen molar-refractivity contribution in [3.8, 4) is 5.75 Å². The Morgan fingerprint density at radius 3 is 2.66 bits per heavy atom. The van der Waals surface area contributed by atoms with Crippen molar-refractivity contribution < 1.29 is 19.1 Å². The second-order valence-electron chi connectivity index (χ2n) is 7.84. The number of methoxy groups -OCH3 is 1. The molecule has 0 aliphatic rings. The summed E-state index contributed by atoms with van der Waals surface area (Å²) in [5.41, 5.74) is 0.898. The highest BCUT2D eigenvalue weighted by Crippen LogP contribution is 2.15. The van der Waals surface area contributed by atoms with Crippen LogP contribution in [0.4, 0.5) is 0 Å². The molecule has 4 aromatic rings. The molecule has 4 rings (SSSR count). The fourth-order valence-electron chi connectivity index (χ4n) is 3.80. The van der Waals surface area contributed by atoms with Gasteiger partial charge in [0.25, 0.3) is 11.5 Å². The fraction of sp³-hybridized carbons (Fsp3) is 0.269. The highest BCUT2D eigenvalue weighted by molar-refractivity contribution is 5.97. The SMILES string of the molecule is CCCCn1c(=NC(=O)c2cccc(OC)c2)c(C(=O)OCC)cc2c(=O)n3ccccc3nc21. The first-order valence-electron chi connectivity index (χ1n) is 11.4. The maximum atomic E-state index is 13.3. The van der Waals surface area contributed by atoms with Crippen molar-refractivity contribution in [2.75, 3.05) is 13.7 Å². The first-order valence-corrected chi connectivity index (χ1v) is 11.4. The van der Waals surface area contributed by atoms with E-state index in [9.17, 15) is 14.4 Å². The molecule has 0 aliphatic carbocycles. The van der Waals surface area contributed by atoms with Gasteiger partial charge in [0.15, 0.2) is 5.49 Å². The minimum atomic E-state index is -0.672. The third kappa shape index (κ3) is 4.70. The van der Waals surface area contributed by atoms with Crippen LogP contribution < -0.4 is 15.8 Å². The Bertz CT molecular complexity index is 1550. The van der Waals surface area contributed by atoms with E-state index in [4.69, 9.17) is 9.47 Å². The Labute approximate surface area is 201 Å². The highest BCUT2D eigenvalue weighted by atomic mass is 16.5. The zero-order valence-electron chi connectivity index (χ0n) is 19.9. The maximum Gasteiger partial charge on any atom is 0.341 e. The van der Waals surface area contributed by atoms with E-state index in [1.807, 2.05) is 6.92 Å². The largest absolute Gasteiger partial charge is 0.497 e. The van der Waals surface area contributed by atoms with Gasteiger partial charge in [0.1, 0.15) is 22.6 Å². The molecule has 0 N–H and O–H groups in total. The number of carbonyl (C=O) groups excluding carboxylic acids is 2. The van der Waals surface area contributed by atoms with Crippen LogP contribution in [0.25, 0.3) is 16.7 Å². The van der Waals surface area contributed by atoms with Gasteiger partial charge in [-0.1, -0.05) is 25.5 Å². The van der Waals surface area contributed by atoms with Crippen molar-refractivity contribution >= 4 is 28.6 Å². The van der Waals surface area contributed by atoms with Crippen LogP contribution in [0.2, 0.25) is 0 Å². The van der Waals surface area contributed by atoms with E-state index in [0.717, 1.165) is 12.8 Å². The molecular weight excluding hydrogens is 448 g/mol. The van der Waals surface area contributed by atoms with E-state index >= 15 is 0 Å². The summed E-state index contributed by atoms with van der Waals surface area (Å²) < 4.78 is 13.6. The van der Waals surface area contributed by atoms with Crippen molar-refractivity contribution in [1.82, 2.24) is 14.0 Å². The Morgan fingerprint density at radius 1 is 1.09 bits per heavy atom. The number of ether oxygens (including phenoxy) is 2. The lowest BCUT2D eigenvalue weighted by atomic mass is 10.2. The predicted octanol–water partition coefficient (Wildman–Crippen LogP) is 3.38. The van der Waals surface area contributed by atoms with Gasteiger partial charge in [0.2, 0.25) is 0 Å². The lowest BCUT2D eigenvalue weighted by Gasteiger charge is -2.15. The molecule has 0 aliphatic heterocycles. The molecule has 0 unspecified atom stereocenters. The van der Waals surface area contributed by atoms with Crippen LogP contribution in [0.5, 0.6) is 5.75 Å². The van der Waals surface area contributed by atoms with E-state index in [-0.39, 0.29) is 28.6 Å². The van der Waals surface area contributed by atoms with Gasteiger partial charge < -0.3 is 14.0 Å². The Balaban J connectivity index is 2.09. The third-order valence-corrected chi connectivity index (χ3v) is 5.54. The molecule has 180 valence electrons. The smallest absolute Gasteiger partial charge is 0.341 e. The molecule has 9 heteroatoms. The van der Waals surface area contributed by atoms with E-state index in [2.05, 4.69) is 9.98 Å². The number of aromatic nitrogens is 3. The summed E-state index contributed by atoms with van der Waals surface area (Å²) >= 11 is 0. The number of unbranched alkanes of at least 4 members (excludes halogenated alkanes) is 1. The van der Waals surface area contributed by atoms with Gasteiger partial charge >= 0.3 is 5.97 Å². The molecule has 0 saturated heterocycles. The molecule has 3 heterocycles. The number of amides is 1. The number of hydrogen-bond acceptors (Lipinski definition) is 6. The number of nitrogens with zero attached hydrogens (tertiary/aromatic N) is 4.